The molecule has 6 rings (SSSR count). The van der Waals surface area contributed by atoms with Crippen LogP contribution in [-0.4, -0.2) is 76.6 Å². The Kier molecular flexibility index (Phi) is 4.32. The lowest BCUT2D eigenvalue weighted by molar-refractivity contribution is -0.135. The molecule has 3 saturated heterocycles. The van der Waals surface area contributed by atoms with E-state index in [0.717, 1.165) is 24.9 Å². The lowest BCUT2D eigenvalue weighted by atomic mass is 9.79. The summed E-state index contributed by atoms with van der Waals surface area (Å²) in [6.45, 7) is 4.23. The van der Waals surface area contributed by atoms with Gasteiger partial charge in [0.2, 0.25) is 5.91 Å². The highest BCUT2D eigenvalue weighted by Crippen LogP contribution is 2.48. The van der Waals surface area contributed by atoms with E-state index in [0.29, 0.717) is 56.3 Å². The molecule has 4 aliphatic rings. The molecule has 2 bridgehead atoms. The largest absolute Gasteiger partial charge is 0.378 e. The van der Waals surface area contributed by atoms with Crippen LogP contribution in [0.1, 0.15) is 29.6 Å². The number of hydrogen-bond donors (Lipinski definition) is 2. The molecule has 0 atom stereocenters. The van der Waals surface area contributed by atoms with Crippen LogP contribution in [0.15, 0.2) is 24.5 Å². The highest BCUT2D eigenvalue weighted by Gasteiger charge is 2.56. The summed E-state index contributed by atoms with van der Waals surface area (Å²) in [6.07, 6.45) is 4.01. The summed E-state index contributed by atoms with van der Waals surface area (Å²) in [7, 11) is 0. The first-order chi connectivity index (χ1) is 13.6. The third-order valence-electron chi connectivity index (χ3n) is 6.34. The predicted molar refractivity (Wildman–Crippen MR) is 103 cm³/mol. The van der Waals surface area contributed by atoms with Crippen molar-refractivity contribution in [1.82, 2.24) is 25.1 Å². The number of rotatable bonds is 5. The smallest absolute Gasteiger partial charge is 0.254 e. The maximum absolute atomic E-state index is 13.0. The van der Waals surface area contributed by atoms with Gasteiger partial charge in [0.15, 0.2) is 0 Å². The van der Waals surface area contributed by atoms with Gasteiger partial charge in [-0.3, -0.25) is 14.5 Å². The molecule has 3 aliphatic heterocycles. The van der Waals surface area contributed by atoms with Crippen LogP contribution in [0.25, 0.3) is 11.0 Å². The van der Waals surface area contributed by atoms with Crippen LogP contribution in [0.4, 0.5) is 0 Å². The van der Waals surface area contributed by atoms with Gasteiger partial charge in [0, 0.05) is 32.6 Å². The van der Waals surface area contributed by atoms with E-state index in [1.54, 1.807) is 6.33 Å². The van der Waals surface area contributed by atoms with Crippen LogP contribution >= 0.6 is 0 Å². The minimum absolute atomic E-state index is 0.0949. The number of morpholine rings is 1. The number of carbonyl (C=O) groups is 2. The third-order valence-corrected chi connectivity index (χ3v) is 6.34. The van der Waals surface area contributed by atoms with Gasteiger partial charge < -0.3 is 19.9 Å². The molecule has 2 amide bonds. The molecule has 28 heavy (non-hydrogen) atoms. The Bertz CT molecular complexity index is 898. The molecule has 8 heteroatoms. The topological polar surface area (TPSA) is 90.6 Å². The molecule has 2 aromatic rings. The van der Waals surface area contributed by atoms with E-state index < -0.39 is 0 Å². The number of aromatic amines is 1. The lowest BCUT2D eigenvalue weighted by Crippen LogP contribution is -2.59. The number of H-pyrrole nitrogens is 1. The number of imidazole rings is 1. The predicted octanol–water partition coefficient (Wildman–Crippen LogP) is 0.964. The second-order valence-corrected chi connectivity index (χ2v) is 8.05. The van der Waals surface area contributed by atoms with Crippen LogP contribution in [0.3, 0.4) is 0 Å². The van der Waals surface area contributed by atoms with Crippen molar-refractivity contribution in [2.75, 3.05) is 39.4 Å². The summed E-state index contributed by atoms with van der Waals surface area (Å²) in [4.78, 5) is 37.0. The first-order valence-electron chi connectivity index (χ1n) is 10.00. The highest BCUT2D eigenvalue weighted by molar-refractivity contribution is 6.05. The Morgan fingerprint density at radius 1 is 1.29 bits per heavy atom. The quantitative estimate of drug-likeness (QED) is 0.803. The van der Waals surface area contributed by atoms with Crippen LogP contribution in [-0.2, 0) is 9.53 Å². The van der Waals surface area contributed by atoms with E-state index >= 15 is 0 Å². The zero-order valence-electron chi connectivity index (χ0n) is 15.8. The van der Waals surface area contributed by atoms with Crippen molar-refractivity contribution < 1.29 is 14.3 Å². The Hall–Kier alpha value is -2.45. The zero-order valence-corrected chi connectivity index (χ0v) is 15.8. The van der Waals surface area contributed by atoms with Gasteiger partial charge >= 0.3 is 0 Å². The maximum Gasteiger partial charge on any atom is 0.254 e. The second kappa shape index (κ2) is 6.86. The van der Waals surface area contributed by atoms with Crippen molar-refractivity contribution in [1.29, 1.82) is 0 Å². The highest BCUT2D eigenvalue weighted by atomic mass is 16.5. The number of nitrogens with zero attached hydrogens (tertiary/aromatic N) is 3. The van der Waals surface area contributed by atoms with Gasteiger partial charge in [0.25, 0.3) is 5.91 Å². The fourth-order valence-electron chi connectivity index (χ4n) is 4.88. The van der Waals surface area contributed by atoms with E-state index in [4.69, 9.17) is 4.74 Å². The number of nitrogens with one attached hydrogen (secondary N) is 2. The van der Waals surface area contributed by atoms with E-state index in [-0.39, 0.29) is 17.5 Å². The number of amides is 2. The zero-order chi connectivity index (χ0) is 19.1. The Morgan fingerprint density at radius 3 is 2.93 bits per heavy atom. The van der Waals surface area contributed by atoms with E-state index in [1.807, 2.05) is 23.1 Å². The minimum Gasteiger partial charge on any atom is -0.378 e. The van der Waals surface area contributed by atoms with Gasteiger partial charge in [-0.15, -0.1) is 0 Å². The molecule has 1 aliphatic carbocycles. The summed E-state index contributed by atoms with van der Waals surface area (Å²) in [5.41, 5.74) is 1.83. The van der Waals surface area contributed by atoms with Crippen LogP contribution in [0.2, 0.25) is 0 Å². The van der Waals surface area contributed by atoms with Crippen molar-refractivity contribution in [2.45, 2.75) is 24.9 Å². The molecule has 1 aromatic carbocycles. The number of para-hydroxylation sites is 1. The molecule has 0 radical (unpaired) electrons. The van der Waals surface area contributed by atoms with Crippen LogP contribution < -0.4 is 5.32 Å². The Labute approximate surface area is 163 Å². The number of ether oxygens (including phenoxy) is 1. The maximum atomic E-state index is 13.0. The first-order valence-corrected chi connectivity index (χ1v) is 10.00. The molecular formula is C20H25N5O3. The van der Waals surface area contributed by atoms with Gasteiger partial charge in [0.05, 0.1) is 36.3 Å². The summed E-state index contributed by atoms with van der Waals surface area (Å²) in [5.74, 6) is 0.692. The number of aromatic nitrogens is 2. The van der Waals surface area contributed by atoms with E-state index in [2.05, 4.69) is 20.2 Å². The summed E-state index contributed by atoms with van der Waals surface area (Å²) in [6, 6.07) is 5.59. The SMILES string of the molecule is O=C(NC12CC(CN1CCC(=O)N1CCOCC1)C2)c1cccc2[nH]cnc12. The monoisotopic (exact) mass is 383 g/mol. The minimum atomic E-state index is -0.314. The molecule has 2 N–H and O–H groups in total. The standard InChI is InChI=1S/C20H25N5O3/c26-17(24-6-8-28-9-7-24)4-5-25-12-14-10-20(25,11-14)23-19(27)15-2-1-3-16-18(15)22-13-21-16/h1-3,13-14H,4-12H2,(H,21,22)(H,23,27). The molecule has 0 spiro atoms. The van der Waals surface area contributed by atoms with Crippen LogP contribution in [0, 0.1) is 5.92 Å². The number of carbonyl (C=O) groups excluding carboxylic acids is 2. The fourth-order valence-corrected chi connectivity index (χ4v) is 4.88. The van der Waals surface area contributed by atoms with Crippen molar-refractivity contribution in [3.63, 3.8) is 0 Å². The number of hydrogen-bond acceptors (Lipinski definition) is 5. The second-order valence-electron chi connectivity index (χ2n) is 8.05. The molecular weight excluding hydrogens is 358 g/mol. The molecule has 1 saturated carbocycles. The number of benzene rings is 1. The van der Waals surface area contributed by atoms with Gasteiger partial charge in [0.1, 0.15) is 5.52 Å². The fraction of sp³-hybridized carbons (Fsp3) is 0.550. The number of fused-ring (bicyclic) bond motifs is 2. The van der Waals surface area contributed by atoms with Crippen molar-refractivity contribution >= 4 is 22.8 Å². The molecule has 8 nitrogen and oxygen atoms in total. The average Bonchev–Trinajstić information content (AvgIpc) is 3.38. The van der Waals surface area contributed by atoms with E-state index in [9.17, 15) is 9.59 Å². The van der Waals surface area contributed by atoms with Crippen LogP contribution in [0.5, 0.6) is 0 Å². The summed E-state index contributed by atoms with van der Waals surface area (Å²) >= 11 is 0. The van der Waals surface area contributed by atoms with Gasteiger partial charge in [-0.05, 0) is 30.9 Å². The average molecular weight is 383 g/mol. The Morgan fingerprint density at radius 2 is 2.11 bits per heavy atom. The molecule has 4 fully saturated rings. The third kappa shape index (κ3) is 2.97. The van der Waals surface area contributed by atoms with Crippen molar-refractivity contribution in [2.24, 2.45) is 5.92 Å². The van der Waals surface area contributed by atoms with E-state index in [1.165, 1.54) is 0 Å². The normalized spacial score (nSPS) is 27.0. The summed E-state index contributed by atoms with van der Waals surface area (Å²) < 4.78 is 5.32. The summed E-state index contributed by atoms with van der Waals surface area (Å²) in [5, 5.41) is 3.26. The van der Waals surface area contributed by atoms with Gasteiger partial charge in [-0.2, -0.15) is 0 Å². The molecule has 148 valence electrons. The van der Waals surface area contributed by atoms with Crippen molar-refractivity contribution in [3.8, 4) is 0 Å². The molecule has 1 aromatic heterocycles. The first kappa shape index (κ1) is 17.6. The van der Waals surface area contributed by atoms with Crippen molar-refractivity contribution in [3.05, 3.63) is 30.1 Å². The van der Waals surface area contributed by atoms with Gasteiger partial charge in [-0.1, -0.05) is 6.07 Å². The molecule has 0 unspecified atom stereocenters. The lowest BCUT2D eigenvalue weighted by Gasteiger charge is -2.43. The van der Waals surface area contributed by atoms with Gasteiger partial charge in [-0.25, -0.2) is 4.98 Å². The molecule has 4 heterocycles. The Balaban J connectivity index is 1.25.